The van der Waals surface area contributed by atoms with Crippen molar-refractivity contribution in [1.82, 2.24) is 5.32 Å². The summed E-state index contributed by atoms with van der Waals surface area (Å²) in [6.07, 6.45) is 8.03. The monoisotopic (exact) mass is 526 g/mol. The first-order chi connectivity index (χ1) is 16.8. The Balaban J connectivity index is 2.30. The number of carbonyl (C=O) groups excluding carboxylic acids is 1. The van der Waals surface area contributed by atoms with Gasteiger partial charge in [-0.15, -0.1) is 0 Å². The highest BCUT2D eigenvalue weighted by atomic mass is 35.5. The van der Waals surface area contributed by atoms with Crippen molar-refractivity contribution < 1.29 is 9.59 Å². The van der Waals surface area contributed by atoms with Crippen molar-refractivity contribution in [3.8, 4) is 0 Å². The van der Waals surface area contributed by atoms with Crippen molar-refractivity contribution >= 4 is 36.2 Å². The van der Waals surface area contributed by atoms with E-state index in [0.717, 1.165) is 34.7 Å². The molecule has 0 aromatic heterocycles. The lowest BCUT2D eigenvalue weighted by atomic mass is 9.87. The Morgan fingerprint density at radius 2 is 1.50 bits per heavy atom. The average Bonchev–Trinajstić information content (AvgIpc) is 2.84. The second-order valence-electron chi connectivity index (χ2n) is 11.4. The molecule has 0 fully saturated rings. The van der Waals surface area contributed by atoms with E-state index in [0.29, 0.717) is 0 Å². The molecule has 0 aliphatic rings. The van der Waals surface area contributed by atoms with Crippen LogP contribution in [0.5, 0.6) is 0 Å². The van der Waals surface area contributed by atoms with Gasteiger partial charge in [-0.1, -0.05) is 119 Å². The molecule has 1 amide bonds. The maximum atomic E-state index is 12.5. The van der Waals surface area contributed by atoms with E-state index in [1.165, 1.54) is 0 Å². The van der Waals surface area contributed by atoms with Crippen molar-refractivity contribution in [2.24, 2.45) is 17.1 Å². The molecule has 2 aromatic carbocycles. The minimum Gasteiger partial charge on any atom is -0.424 e. The Bertz CT molecular complexity index is 986. The topological polar surface area (TPSA) is 75.4 Å². The number of halogens is 1. The van der Waals surface area contributed by atoms with Crippen LogP contribution < -0.4 is 21.4 Å². The van der Waals surface area contributed by atoms with Crippen LogP contribution in [-0.2, 0) is 4.79 Å². The Hall–Kier alpha value is -2.18. The van der Waals surface area contributed by atoms with Crippen molar-refractivity contribution in [3.05, 3.63) is 84.0 Å². The van der Waals surface area contributed by atoms with Crippen molar-refractivity contribution in [1.29, 1.82) is 0 Å². The fourth-order valence-corrected chi connectivity index (χ4v) is 8.57. The molecule has 36 heavy (non-hydrogen) atoms. The Morgan fingerprint density at radius 3 is 1.94 bits per heavy atom. The van der Waals surface area contributed by atoms with E-state index < -0.39 is 14.4 Å². The maximum absolute atomic E-state index is 12.5. The molecule has 196 valence electrons. The first-order valence-corrected chi connectivity index (χ1v) is 15.0. The van der Waals surface area contributed by atoms with Crippen molar-refractivity contribution in [2.45, 2.75) is 71.9 Å². The van der Waals surface area contributed by atoms with E-state index in [9.17, 15) is 9.59 Å². The van der Waals surface area contributed by atoms with Gasteiger partial charge in [0, 0.05) is 5.03 Å². The van der Waals surface area contributed by atoms with Crippen LogP contribution in [0.2, 0.25) is 5.04 Å². The van der Waals surface area contributed by atoms with Gasteiger partial charge < -0.3 is 15.8 Å². The number of hydrogen-bond donors (Lipinski definition) is 3. The Morgan fingerprint density at radius 1 is 1.00 bits per heavy atom. The van der Waals surface area contributed by atoms with Crippen LogP contribution in [0.4, 0.5) is 0 Å². The number of allylic oxidation sites excluding steroid dienone is 3. The zero-order chi connectivity index (χ0) is 27.0. The minimum absolute atomic E-state index is 0.193. The minimum atomic E-state index is -3.11. The summed E-state index contributed by atoms with van der Waals surface area (Å²) in [6.45, 7) is 12.1. The molecule has 0 radical (unpaired) electrons. The van der Waals surface area contributed by atoms with Gasteiger partial charge in [-0.2, -0.15) is 0 Å². The van der Waals surface area contributed by atoms with Gasteiger partial charge in [-0.25, -0.2) is 0 Å². The van der Waals surface area contributed by atoms with Gasteiger partial charge in [-0.3, -0.25) is 4.79 Å². The van der Waals surface area contributed by atoms with Crippen LogP contribution in [0.25, 0.3) is 0 Å². The highest BCUT2D eigenvalue weighted by molar-refractivity contribution is 6.98. The smallest absolute Gasteiger partial charge is 0.258 e. The van der Waals surface area contributed by atoms with E-state index >= 15 is 0 Å². The molecule has 0 aliphatic carbocycles. The summed E-state index contributed by atoms with van der Waals surface area (Å²) >= 11 is 6.19. The molecule has 0 spiro atoms. The number of rotatable bonds is 11. The van der Waals surface area contributed by atoms with Gasteiger partial charge in [-0.05, 0) is 59.1 Å². The van der Waals surface area contributed by atoms with Crippen LogP contribution in [-0.4, -0.2) is 25.1 Å². The average molecular weight is 527 g/mol. The molecule has 2 atom stereocenters. The molecule has 6 heteroatoms. The highest BCUT2D eigenvalue weighted by Crippen LogP contribution is 2.43. The Labute approximate surface area is 223 Å². The van der Waals surface area contributed by atoms with E-state index in [1.54, 1.807) is 6.20 Å². The van der Waals surface area contributed by atoms with E-state index in [1.807, 2.05) is 101 Å². The predicted octanol–water partition coefficient (Wildman–Crippen LogP) is 5.45. The highest BCUT2D eigenvalue weighted by Gasteiger charge is 2.50. The van der Waals surface area contributed by atoms with Crippen molar-refractivity contribution in [2.75, 3.05) is 0 Å². The molecule has 2 aromatic rings. The SMILES string of the molecule is C/C(Cl)=C\C[C@@H](C/C=C\NC(=O)[C@@H](N)C(C)(C)C)CC(C)(C)[Si](O)(c1ccccc1)c1ccccc1. The number of nitrogens with one attached hydrogen (secondary N) is 1. The van der Waals surface area contributed by atoms with Crippen LogP contribution in [0, 0.1) is 11.3 Å². The summed E-state index contributed by atoms with van der Waals surface area (Å²) in [5.74, 6) is 0.0339. The van der Waals surface area contributed by atoms with Crippen molar-refractivity contribution in [3.63, 3.8) is 0 Å². The number of benzene rings is 2. The van der Waals surface area contributed by atoms with Gasteiger partial charge in [0.15, 0.2) is 0 Å². The third kappa shape index (κ3) is 7.91. The molecule has 0 unspecified atom stereocenters. The fourth-order valence-electron chi connectivity index (χ4n) is 4.65. The summed E-state index contributed by atoms with van der Waals surface area (Å²) in [7, 11) is -3.11. The molecular formula is C30H43ClN2O2Si. The first-order valence-electron chi connectivity index (χ1n) is 12.7. The number of hydrogen-bond acceptors (Lipinski definition) is 3. The molecule has 0 saturated heterocycles. The van der Waals surface area contributed by atoms with Gasteiger partial charge >= 0.3 is 0 Å². The summed E-state index contributed by atoms with van der Waals surface area (Å²) in [5.41, 5.74) is 5.76. The normalized spacial score (nSPS) is 15.1. The summed E-state index contributed by atoms with van der Waals surface area (Å²) < 4.78 is 0. The number of carbonyl (C=O) groups is 1. The van der Waals surface area contributed by atoms with Crippen LogP contribution >= 0.6 is 11.6 Å². The zero-order valence-electron chi connectivity index (χ0n) is 22.6. The molecule has 0 aliphatic heterocycles. The molecule has 2 rings (SSSR count). The lowest BCUT2D eigenvalue weighted by Gasteiger charge is -2.43. The molecule has 4 nitrogen and oxygen atoms in total. The summed E-state index contributed by atoms with van der Waals surface area (Å²) in [5, 5.41) is 5.21. The van der Waals surface area contributed by atoms with Gasteiger partial charge in [0.25, 0.3) is 8.32 Å². The largest absolute Gasteiger partial charge is 0.424 e. The molecular weight excluding hydrogens is 484 g/mol. The van der Waals surface area contributed by atoms with Gasteiger partial charge in [0.1, 0.15) is 0 Å². The van der Waals surface area contributed by atoms with E-state index in [4.69, 9.17) is 17.3 Å². The maximum Gasteiger partial charge on any atom is 0.258 e. The quantitative estimate of drug-likeness (QED) is 0.341. The molecule has 0 bridgehead atoms. The third-order valence-electron chi connectivity index (χ3n) is 6.92. The third-order valence-corrected chi connectivity index (χ3v) is 11.6. The first kappa shape index (κ1) is 30.0. The Kier molecular flexibility index (Phi) is 10.7. The lowest BCUT2D eigenvalue weighted by Crippen LogP contribution is -2.65. The lowest BCUT2D eigenvalue weighted by molar-refractivity contribution is -0.123. The zero-order valence-corrected chi connectivity index (χ0v) is 24.3. The van der Waals surface area contributed by atoms with Crippen LogP contribution in [0.1, 0.15) is 60.8 Å². The van der Waals surface area contributed by atoms with E-state index in [2.05, 4.69) is 19.2 Å². The van der Waals surface area contributed by atoms with Crippen LogP contribution in [0.15, 0.2) is 84.0 Å². The van der Waals surface area contributed by atoms with Gasteiger partial charge in [0.05, 0.1) is 6.04 Å². The van der Waals surface area contributed by atoms with E-state index in [-0.39, 0.29) is 22.3 Å². The molecule has 0 heterocycles. The fraction of sp³-hybridized carbons (Fsp3) is 0.433. The number of amides is 1. The predicted molar refractivity (Wildman–Crippen MR) is 156 cm³/mol. The summed E-state index contributed by atoms with van der Waals surface area (Å²) in [6, 6.07) is 19.6. The molecule has 0 saturated carbocycles. The molecule has 4 N–H and O–H groups in total. The second-order valence-corrected chi connectivity index (χ2v) is 15.9. The number of nitrogens with two attached hydrogens (primary N) is 1. The summed E-state index contributed by atoms with van der Waals surface area (Å²) in [4.78, 5) is 24.9. The standard InChI is InChI=1S/C30H43ClN2O2Si/c1-23(31)19-20-24(14-13-21-33-28(34)27(32)29(2,3)4)22-30(5,6)36(35,25-15-9-7-10-16-25)26-17-11-8-12-18-26/h7-13,15-19,21,24,27,35H,14,20,22,32H2,1-6H3,(H,33,34)/b21-13-,23-19+/t24-,27-/m1/s1. The van der Waals surface area contributed by atoms with Crippen LogP contribution in [0.3, 0.4) is 0 Å². The second kappa shape index (κ2) is 12.9. The van der Waals surface area contributed by atoms with Gasteiger partial charge in [0.2, 0.25) is 5.91 Å².